The predicted molar refractivity (Wildman–Crippen MR) is 59.7 cm³/mol. The summed E-state index contributed by atoms with van der Waals surface area (Å²) >= 11 is 0. The molecule has 2 N–H and O–H groups in total. The molecule has 0 radical (unpaired) electrons. The molecule has 1 aliphatic rings. The van der Waals surface area contributed by atoms with Crippen LogP contribution >= 0.6 is 0 Å². The van der Waals surface area contributed by atoms with E-state index in [0.29, 0.717) is 0 Å². The molecule has 0 amide bonds. The van der Waals surface area contributed by atoms with E-state index in [-0.39, 0.29) is 0 Å². The Balaban J connectivity index is 2.64. The maximum absolute atomic E-state index is 5.79. The zero-order valence-electron chi connectivity index (χ0n) is 9.31. The van der Waals surface area contributed by atoms with Crippen LogP contribution in [0.1, 0.15) is 46.0 Å². The molecule has 1 heterocycles. The second-order valence-electron chi connectivity index (χ2n) is 3.90. The molecular formula is C12H21NO. The molecule has 80 valence electrons. The van der Waals surface area contributed by atoms with E-state index in [0.717, 1.165) is 43.7 Å². The molecule has 0 unspecified atom stereocenters. The van der Waals surface area contributed by atoms with Gasteiger partial charge in [-0.25, -0.2) is 0 Å². The highest BCUT2D eigenvalue weighted by Crippen LogP contribution is 2.23. The SMILES string of the molecule is C/C1=C(\CCCN)O/C(C)=C/CCC1. The summed E-state index contributed by atoms with van der Waals surface area (Å²) in [6.07, 6.45) is 7.69. The minimum absolute atomic E-state index is 0.739. The Labute approximate surface area is 86.8 Å². The van der Waals surface area contributed by atoms with Crippen molar-refractivity contribution in [1.82, 2.24) is 0 Å². The van der Waals surface area contributed by atoms with Crippen LogP contribution in [0.2, 0.25) is 0 Å². The van der Waals surface area contributed by atoms with Crippen molar-refractivity contribution >= 4 is 0 Å². The van der Waals surface area contributed by atoms with Crippen LogP contribution in [0, 0.1) is 0 Å². The number of nitrogens with two attached hydrogens (primary N) is 1. The van der Waals surface area contributed by atoms with Gasteiger partial charge in [0.05, 0.1) is 5.76 Å². The lowest BCUT2D eigenvalue weighted by molar-refractivity contribution is 0.279. The first kappa shape index (κ1) is 11.3. The van der Waals surface area contributed by atoms with E-state index in [4.69, 9.17) is 10.5 Å². The summed E-state index contributed by atoms with van der Waals surface area (Å²) in [4.78, 5) is 0. The third-order valence-corrected chi connectivity index (χ3v) is 2.56. The van der Waals surface area contributed by atoms with E-state index in [9.17, 15) is 0 Å². The van der Waals surface area contributed by atoms with Crippen LogP contribution in [-0.4, -0.2) is 6.54 Å². The molecule has 0 aromatic heterocycles. The summed E-state index contributed by atoms with van der Waals surface area (Å²) in [6.45, 7) is 4.94. The molecule has 0 aromatic rings. The summed E-state index contributed by atoms with van der Waals surface area (Å²) in [5.41, 5.74) is 6.90. The molecule has 0 spiro atoms. The van der Waals surface area contributed by atoms with Crippen molar-refractivity contribution < 1.29 is 4.74 Å². The van der Waals surface area contributed by atoms with E-state index in [1.807, 2.05) is 6.92 Å². The maximum Gasteiger partial charge on any atom is 0.102 e. The minimum Gasteiger partial charge on any atom is -0.467 e. The molecule has 2 nitrogen and oxygen atoms in total. The largest absolute Gasteiger partial charge is 0.467 e. The fourth-order valence-electron chi connectivity index (χ4n) is 1.66. The lowest BCUT2D eigenvalue weighted by Crippen LogP contribution is -2.03. The van der Waals surface area contributed by atoms with Crippen LogP contribution in [0.4, 0.5) is 0 Å². The van der Waals surface area contributed by atoms with E-state index in [1.165, 1.54) is 12.0 Å². The molecule has 14 heavy (non-hydrogen) atoms. The topological polar surface area (TPSA) is 35.2 Å². The maximum atomic E-state index is 5.79. The molecular weight excluding hydrogens is 174 g/mol. The van der Waals surface area contributed by atoms with Crippen molar-refractivity contribution in [3.8, 4) is 0 Å². The summed E-state index contributed by atoms with van der Waals surface area (Å²) < 4.78 is 5.79. The highest BCUT2D eigenvalue weighted by Gasteiger charge is 2.07. The third kappa shape index (κ3) is 3.54. The Hall–Kier alpha value is -0.760. The van der Waals surface area contributed by atoms with Crippen LogP contribution < -0.4 is 5.73 Å². The first-order valence-electron chi connectivity index (χ1n) is 5.47. The monoisotopic (exact) mass is 195 g/mol. The second kappa shape index (κ2) is 5.86. The highest BCUT2D eigenvalue weighted by atomic mass is 16.5. The van der Waals surface area contributed by atoms with Gasteiger partial charge in [-0.1, -0.05) is 0 Å². The Bertz CT molecular complexity index is 241. The molecule has 0 saturated heterocycles. The molecule has 1 rings (SSSR count). The van der Waals surface area contributed by atoms with Gasteiger partial charge in [0.1, 0.15) is 5.76 Å². The fourth-order valence-corrected chi connectivity index (χ4v) is 1.66. The second-order valence-corrected chi connectivity index (χ2v) is 3.90. The van der Waals surface area contributed by atoms with Crippen molar-refractivity contribution in [3.63, 3.8) is 0 Å². The van der Waals surface area contributed by atoms with E-state index >= 15 is 0 Å². The lowest BCUT2D eigenvalue weighted by atomic mass is 10.0. The van der Waals surface area contributed by atoms with Crippen LogP contribution in [-0.2, 0) is 4.74 Å². The van der Waals surface area contributed by atoms with Gasteiger partial charge in [0.25, 0.3) is 0 Å². The van der Waals surface area contributed by atoms with E-state index < -0.39 is 0 Å². The van der Waals surface area contributed by atoms with Gasteiger partial charge in [0.15, 0.2) is 0 Å². The first-order valence-corrected chi connectivity index (χ1v) is 5.47. The van der Waals surface area contributed by atoms with Gasteiger partial charge in [-0.05, 0) is 57.7 Å². The molecule has 0 fully saturated rings. The predicted octanol–water partition coefficient (Wildman–Crippen LogP) is 3.10. The van der Waals surface area contributed by atoms with Crippen molar-refractivity contribution in [1.29, 1.82) is 0 Å². The van der Waals surface area contributed by atoms with Gasteiger partial charge < -0.3 is 10.5 Å². The summed E-state index contributed by atoms with van der Waals surface area (Å²) in [7, 11) is 0. The van der Waals surface area contributed by atoms with Crippen LogP contribution in [0.3, 0.4) is 0 Å². The number of ether oxygens (including phenoxy) is 1. The molecule has 0 aromatic carbocycles. The van der Waals surface area contributed by atoms with Crippen molar-refractivity contribution in [2.45, 2.75) is 46.0 Å². The average Bonchev–Trinajstić information content (AvgIpc) is 2.16. The number of hydrogen-bond acceptors (Lipinski definition) is 2. The van der Waals surface area contributed by atoms with Crippen molar-refractivity contribution in [2.75, 3.05) is 6.54 Å². The number of rotatable bonds is 3. The van der Waals surface area contributed by atoms with E-state index in [1.54, 1.807) is 0 Å². The molecule has 0 bridgehead atoms. The van der Waals surface area contributed by atoms with Gasteiger partial charge in [-0.2, -0.15) is 0 Å². The lowest BCUT2D eigenvalue weighted by Gasteiger charge is -2.16. The minimum atomic E-state index is 0.739. The first-order chi connectivity index (χ1) is 6.74. The van der Waals surface area contributed by atoms with Crippen molar-refractivity contribution in [3.05, 3.63) is 23.2 Å². The van der Waals surface area contributed by atoms with Gasteiger partial charge in [-0.15, -0.1) is 0 Å². The van der Waals surface area contributed by atoms with Gasteiger partial charge in [0.2, 0.25) is 0 Å². The molecule has 0 aliphatic carbocycles. The van der Waals surface area contributed by atoms with Crippen LogP contribution in [0.25, 0.3) is 0 Å². The zero-order valence-corrected chi connectivity index (χ0v) is 9.31. The van der Waals surface area contributed by atoms with Crippen LogP contribution in [0.5, 0.6) is 0 Å². The molecule has 0 atom stereocenters. The van der Waals surface area contributed by atoms with Crippen LogP contribution in [0.15, 0.2) is 23.2 Å². The van der Waals surface area contributed by atoms with Gasteiger partial charge in [-0.3, -0.25) is 0 Å². The summed E-state index contributed by atoms with van der Waals surface area (Å²) in [6, 6.07) is 0. The Kier molecular flexibility index (Phi) is 4.74. The Morgan fingerprint density at radius 1 is 1.43 bits per heavy atom. The zero-order chi connectivity index (χ0) is 10.4. The fraction of sp³-hybridized carbons (Fsp3) is 0.667. The quantitative estimate of drug-likeness (QED) is 0.751. The smallest absolute Gasteiger partial charge is 0.102 e. The average molecular weight is 195 g/mol. The Morgan fingerprint density at radius 3 is 2.93 bits per heavy atom. The van der Waals surface area contributed by atoms with E-state index in [2.05, 4.69) is 13.0 Å². The summed E-state index contributed by atoms with van der Waals surface area (Å²) in [5, 5.41) is 0. The highest BCUT2D eigenvalue weighted by molar-refractivity contribution is 5.11. The van der Waals surface area contributed by atoms with Crippen molar-refractivity contribution in [2.24, 2.45) is 5.73 Å². The number of allylic oxidation sites excluding steroid dienone is 4. The molecule has 1 aliphatic heterocycles. The van der Waals surface area contributed by atoms with Gasteiger partial charge >= 0.3 is 0 Å². The molecule has 0 saturated carbocycles. The molecule has 2 heteroatoms. The third-order valence-electron chi connectivity index (χ3n) is 2.56. The Morgan fingerprint density at radius 2 is 2.21 bits per heavy atom. The summed E-state index contributed by atoms with van der Waals surface area (Å²) in [5.74, 6) is 2.18. The van der Waals surface area contributed by atoms with Gasteiger partial charge in [0, 0.05) is 6.42 Å². The standard InChI is InChI=1S/C12H21NO/c1-10-6-3-4-7-11(2)14-12(10)8-5-9-13/h7H,3-6,8-9,13H2,1-2H3/b11-7+,12-10-. The number of hydrogen-bond donors (Lipinski definition) is 1. The normalized spacial score (nSPS) is 27.2.